The van der Waals surface area contributed by atoms with E-state index in [1.807, 2.05) is 6.92 Å². The van der Waals surface area contributed by atoms with Gasteiger partial charge < -0.3 is 10.1 Å². The van der Waals surface area contributed by atoms with Crippen molar-refractivity contribution in [3.8, 4) is 5.75 Å². The molecule has 142 valence electrons. The molecule has 8 heteroatoms. The maximum atomic E-state index is 12.2. The van der Waals surface area contributed by atoms with E-state index in [9.17, 15) is 14.4 Å². The molecule has 0 atom stereocenters. The summed E-state index contributed by atoms with van der Waals surface area (Å²) in [6.07, 6.45) is 1.21. The molecular weight excluding hydrogens is 461 g/mol. The highest BCUT2D eigenvalue weighted by Gasteiger charge is 2.11. The molecule has 0 radical (unpaired) electrons. The van der Waals surface area contributed by atoms with E-state index in [1.54, 1.807) is 49.6 Å². The lowest BCUT2D eigenvalue weighted by Crippen LogP contribution is -2.41. The molecule has 3 N–H and O–H groups in total. The Labute approximate surface area is 171 Å². The Morgan fingerprint density at radius 1 is 0.963 bits per heavy atom. The first-order valence-corrected chi connectivity index (χ1v) is 9.36. The Morgan fingerprint density at radius 2 is 1.56 bits per heavy atom. The number of ether oxygens (including phenoxy) is 1. The molecule has 0 fully saturated rings. The number of rotatable bonds is 6. The van der Waals surface area contributed by atoms with Crippen molar-refractivity contribution in [1.29, 1.82) is 0 Å². The first-order chi connectivity index (χ1) is 12.9. The Balaban J connectivity index is 1.92. The van der Waals surface area contributed by atoms with Gasteiger partial charge in [-0.1, -0.05) is 6.92 Å². The van der Waals surface area contributed by atoms with Crippen LogP contribution in [0.25, 0.3) is 0 Å². The molecule has 0 unspecified atom stereocenters. The Bertz CT molecular complexity index is 837. The SMILES string of the molecule is CCCC(=O)Nc1ccc(C(=O)NNC(=O)c2ccc(OC)c(I)c2)cc1. The van der Waals surface area contributed by atoms with Crippen molar-refractivity contribution in [3.05, 3.63) is 57.2 Å². The van der Waals surface area contributed by atoms with Crippen molar-refractivity contribution < 1.29 is 19.1 Å². The molecule has 7 nitrogen and oxygen atoms in total. The number of benzene rings is 2. The molecule has 3 amide bonds. The maximum Gasteiger partial charge on any atom is 0.269 e. The number of amides is 3. The second-order valence-electron chi connectivity index (χ2n) is 5.63. The van der Waals surface area contributed by atoms with Crippen LogP contribution in [-0.2, 0) is 4.79 Å². The molecule has 0 heterocycles. The van der Waals surface area contributed by atoms with Gasteiger partial charge in [0.2, 0.25) is 5.91 Å². The molecule has 2 aromatic rings. The Hall–Kier alpha value is -2.62. The number of anilines is 1. The lowest BCUT2D eigenvalue weighted by Gasteiger charge is -2.10. The predicted molar refractivity (Wildman–Crippen MR) is 111 cm³/mol. The summed E-state index contributed by atoms with van der Waals surface area (Å²) in [7, 11) is 1.55. The van der Waals surface area contributed by atoms with Gasteiger partial charge in [-0.25, -0.2) is 0 Å². The third kappa shape index (κ3) is 5.95. The summed E-state index contributed by atoms with van der Waals surface area (Å²) in [6, 6.07) is 11.4. The van der Waals surface area contributed by atoms with Gasteiger partial charge in [0.1, 0.15) is 5.75 Å². The van der Waals surface area contributed by atoms with E-state index in [4.69, 9.17) is 4.74 Å². The van der Waals surface area contributed by atoms with E-state index in [2.05, 4.69) is 38.8 Å². The smallest absolute Gasteiger partial charge is 0.269 e. The molecule has 0 bridgehead atoms. The number of hydrogen-bond acceptors (Lipinski definition) is 4. The zero-order valence-electron chi connectivity index (χ0n) is 15.0. The number of carbonyl (C=O) groups is 3. The van der Waals surface area contributed by atoms with Crippen molar-refractivity contribution in [1.82, 2.24) is 10.9 Å². The normalized spacial score (nSPS) is 10.0. The number of halogens is 1. The number of hydrazine groups is 1. The monoisotopic (exact) mass is 481 g/mol. The van der Waals surface area contributed by atoms with Crippen molar-refractivity contribution >= 4 is 46.0 Å². The fourth-order valence-electron chi connectivity index (χ4n) is 2.22. The predicted octanol–water partition coefficient (Wildman–Crippen LogP) is 3.11. The summed E-state index contributed by atoms with van der Waals surface area (Å²) < 4.78 is 5.93. The van der Waals surface area contributed by atoms with Crippen LogP contribution in [0.2, 0.25) is 0 Å². The van der Waals surface area contributed by atoms with Gasteiger partial charge in [-0.2, -0.15) is 0 Å². The number of carbonyl (C=O) groups excluding carboxylic acids is 3. The molecule has 0 saturated heterocycles. The zero-order valence-corrected chi connectivity index (χ0v) is 17.1. The minimum Gasteiger partial charge on any atom is -0.496 e. The van der Waals surface area contributed by atoms with Crippen LogP contribution in [0.15, 0.2) is 42.5 Å². The van der Waals surface area contributed by atoms with Crippen molar-refractivity contribution in [2.75, 3.05) is 12.4 Å². The molecule has 0 aliphatic carbocycles. The average Bonchev–Trinajstić information content (AvgIpc) is 2.66. The maximum absolute atomic E-state index is 12.2. The third-order valence-corrected chi connectivity index (χ3v) is 4.45. The van der Waals surface area contributed by atoms with Crippen LogP contribution in [0, 0.1) is 3.57 Å². The van der Waals surface area contributed by atoms with E-state index in [1.165, 1.54) is 0 Å². The minimum absolute atomic E-state index is 0.0731. The van der Waals surface area contributed by atoms with Crippen LogP contribution in [-0.4, -0.2) is 24.8 Å². The van der Waals surface area contributed by atoms with E-state index < -0.39 is 11.8 Å². The summed E-state index contributed by atoms with van der Waals surface area (Å²) in [5.74, 6) is -0.302. The second kappa shape index (κ2) is 9.91. The highest BCUT2D eigenvalue weighted by molar-refractivity contribution is 14.1. The molecule has 27 heavy (non-hydrogen) atoms. The molecule has 0 aromatic heterocycles. The molecule has 0 aliphatic rings. The highest BCUT2D eigenvalue weighted by atomic mass is 127. The van der Waals surface area contributed by atoms with Crippen LogP contribution >= 0.6 is 22.6 Å². The lowest BCUT2D eigenvalue weighted by atomic mass is 10.2. The quantitative estimate of drug-likeness (QED) is 0.437. The van der Waals surface area contributed by atoms with Crippen LogP contribution < -0.4 is 20.9 Å². The van der Waals surface area contributed by atoms with Crippen molar-refractivity contribution in [2.24, 2.45) is 0 Å². The minimum atomic E-state index is -0.460. The topological polar surface area (TPSA) is 96.5 Å². The highest BCUT2D eigenvalue weighted by Crippen LogP contribution is 2.21. The van der Waals surface area contributed by atoms with E-state index >= 15 is 0 Å². The Kier molecular flexibility index (Phi) is 7.59. The fraction of sp³-hybridized carbons (Fsp3) is 0.211. The lowest BCUT2D eigenvalue weighted by molar-refractivity contribution is -0.116. The summed E-state index contributed by atoms with van der Waals surface area (Å²) in [5, 5.41) is 2.74. The summed E-state index contributed by atoms with van der Waals surface area (Å²) in [5.41, 5.74) is 6.10. The summed E-state index contributed by atoms with van der Waals surface area (Å²) in [6.45, 7) is 1.92. The van der Waals surface area contributed by atoms with E-state index in [0.717, 1.165) is 9.99 Å². The Morgan fingerprint density at radius 3 is 2.11 bits per heavy atom. The number of methoxy groups -OCH3 is 1. The van der Waals surface area contributed by atoms with Gasteiger partial charge in [0.15, 0.2) is 0 Å². The van der Waals surface area contributed by atoms with Gasteiger partial charge in [-0.3, -0.25) is 25.2 Å². The van der Waals surface area contributed by atoms with Gasteiger partial charge in [0, 0.05) is 23.2 Å². The van der Waals surface area contributed by atoms with Gasteiger partial charge in [-0.15, -0.1) is 0 Å². The third-order valence-electron chi connectivity index (χ3n) is 3.61. The summed E-state index contributed by atoms with van der Waals surface area (Å²) >= 11 is 2.06. The number of nitrogens with one attached hydrogen (secondary N) is 3. The van der Waals surface area contributed by atoms with Crippen LogP contribution in [0.4, 0.5) is 5.69 Å². The van der Waals surface area contributed by atoms with Crippen molar-refractivity contribution in [3.63, 3.8) is 0 Å². The van der Waals surface area contributed by atoms with Crippen LogP contribution in [0.1, 0.15) is 40.5 Å². The van der Waals surface area contributed by atoms with Gasteiger partial charge in [-0.05, 0) is 71.5 Å². The first kappa shape index (κ1) is 20.7. The van der Waals surface area contributed by atoms with Crippen molar-refractivity contribution in [2.45, 2.75) is 19.8 Å². The fourth-order valence-corrected chi connectivity index (χ4v) is 2.96. The summed E-state index contributed by atoms with van der Waals surface area (Å²) in [4.78, 5) is 35.9. The van der Waals surface area contributed by atoms with E-state index in [-0.39, 0.29) is 5.91 Å². The van der Waals surface area contributed by atoms with E-state index in [0.29, 0.717) is 29.0 Å². The van der Waals surface area contributed by atoms with Gasteiger partial charge >= 0.3 is 0 Å². The zero-order chi connectivity index (χ0) is 19.8. The standard InChI is InChI=1S/C19H20IN3O4/c1-3-4-17(24)21-14-8-5-12(6-9-14)18(25)22-23-19(26)13-7-10-16(27-2)15(20)11-13/h5-11H,3-4H2,1-2H3,(H,21,24)(H,22,25)(H,23,26). The van der Waals surface area contributed by atoms with Gasteiger partial charge in [0.25, 0.3) is 11.8 Å². The first-order valence-electron chi connectivity index (χ1n) is 8.28. The average molecular weight is 481 g/mol. The molecule has 2 rings (SSSR count). The molecule has 0 spiro atoms. The number of hydrogen-bond donors (Lipinski definition) is 3. The molecule has 2 aromatic carbocycles. The van der Waals surface area contributed by atoms with Gasteiger partial charge in [0.05, 0.1) is 10.7 Å². The molecule has 0 aliphatic heterocycles. The molecule has 0 saturated carbocycles. The largest absolute Gasteiger partial charge is 0.496 e. The van der Waals surface area contributed by atoms with Crippen LogP contribution in [0.3, 0.4) is 0 Å². The second-order valence-corrected chi connectivity index (χ2v) is 6.80. The molecular formula is C19H20IN3O4. The van der Waals surface area contributed by atoms with Crippen LogP contribution in [0.5, 0.6) is 5.75 Å².